The molecule has 0 spiro atoms. The minimum atomic E-state index is -0.411. The van der Waals surface area contributed by atoms with Crippen LogP contribution in [0.5, 0.6) is 0 Å². The molecular weight excluding hydrogens is 386 g/mol. The second-order valence-corrected chi connectivity index (χ2v) is 7.19. The molecule has 4 aromatic rings. The van der Waals surface area contributed by atoms with E-state index >= 15 is 0 Å². The van der Waals surface area contributed by atoms with E-state index in [0.29, 0.717) is 27.0 Å². The number of hydrogen-bond donors (Lipinski definition) is 2. The van der Waals surface area contributed by atoms with Gasteiger partial charge >= 0.3 is 0 Å². The molecular formula is C23H18ClN3O2. The van der Waals surface area contributed by atoms with E-state index < -0.39 is 11.8 Å². The zero-order chi connectivity index (χ0) is 20.5. The fourth-order valence-electron chi connectivity index (χ4n) is 3.34. The van der Waals surface area contributed by atoms with E-state index in [-0.39, 0.29) is 11.5 Å². The van der Waals surface area contributed by atoms with E-state index in [1.807, 2.05) is 37.3 Å². The van der Waals surface area contributed by atoms with Crippen molar-refractivity contribution in [3.63, 3.8) is 0 Å². The summed E-state index contributed by atoms with van der Waals surface area (Å²) in [5.74, 6) is -0.592. The molecule has 0 aliphatic carbocycles. The van der Waals surface area contributed by atoms with Gasteiger partial charge in [0, 0.05) is 27.0 Å². The number of carbonyl (C=O) groups excluding carboxylic acids is 2. The van der Waals surface area contributed by atoms with Crippen molar-refractivity contribution in [1.82, 2.24) is 4.57 Å². The molecule has 1 aromatic heterocycles. The van der Waals surface area contributed by atoms with Crippen molar-refractivity contribution in [2.45, 2.75) is 6.92 Å². The Morgan fingerprint density at radius 3 is 2.31 bits per heavy atom. The first-order valence-electron chi connectivity index (χ1n) is 9.03. The van der Waals surface area contributed by atoms with Gasteiger partial charge in [0.15, 0.2) is 0 Å². The minimum Gasteiger partial charge on any atom is -0.384 e. The molecule has 29 heavy (non-hydrogen) atoms. The average Bonchev–Trinajstić information content (AvgIpc) is 3.01. The minimum absolute atomic E-state index is 0.194. The van der Waals surface area contributed by atoms with Crippen molar-refractivity contribution >= 4 is 45.7 Å². The number of anilines is 2. The number of aryl methyl sites for hydroxylation is 1. The van der Waals surface area contributed by atoms with Crippen molar-refractivity contribution in [3.05, 3.63) is 94.6 Å². The van der Waals surface area contributed by atoms with Gasteiger partial charge in [0.2, 0.25) is 0 Å². The van der Waals surface area contributed by atoms with Gasteiger partial charge in [0.25, 0.3) is 11.8 Å². The van der Waals surface area contributed by atoms with Crippen LogP contribution in [0.2, 0.25) is 5.02 Å². The average molecular weight is 404 g/mol. The number of aromatic nitrogens is 1. The van der Waals surface area contributed by atoms with Crippen LogP contribution in [0.4, 0.5) is 11.5 Å². The summed E-state index contributed by atoms with van der Waals surface area (Å²) in [6, 6.07) is 21.1. The van der Waals surface area contributed by atoms with Crippen LogP contribution in [0.3, 0.4) is 0 Å². The predicted molar refractivity (Wildman–Crippen MR) is 117 cm³/mol. The summed E-state index contributed by atoms with van der Waals surface area (Å²) in [7, 11) is 0. The molecule has 4 rings (SSSR count). The van der Waals surface area contributed by atoms with Gasteiger partial charge in [-0.3, -0.25) is 14.2 Å². The molecule has 0 aliphatic heterocycles. The Morgan fingerprint density at radius 2 is 1.62 bits per heavy atom. The van der Waals surface area contributed by atoms with Crippen LogP contribution in [0.25, 0.3) is 10.8 Å². The number of nitrogens with one attached hydrogen (secondary N) is 1. The summed E-state index contributed by atoms with van der Waals surface area (Å²) in [4.78, 5) is 26.4. The zero-order valence-corrected chi connectivity index (χ0v) is 16.4. The van der Waals surface area contributed by atoms with Crippen LogP contribution >= 0.6 is 11.6 Å². The van der Waals surface area contributed by atoms with E-state index in [1.54, 1.807) is 42.5 Å². The summed E-state index contributed by atoms with van der Waals surface area (Å²) in [5, 5.41) is 4.64. The molecule has 3 N–H and O–H groups in total. The zero-order valence-electron chi connectivity index (χ0n) is 15.6. The maximum Gasteiger partial charge on any atom is 0.273 e. The van der Waals surface area contributed by atoms with Gasteiger partial charge < -0.3 is 11.1 Å². The Labute approximate surface area is 172 Å². The van der Waals surface area contributed by atoms with Gasteiger partial charge in [0.05, 0.1) is 0 Å². The molecule has 5 nitrogen and oxygen atoms in total. The van der Waals surface area contributed by atoms with E-state index in [2.05, 4.69) is 5.32 Å². The number of hydrogen-bond acceptors (Lipinski definition) is 3. The number of nitrogens with two attached hydrogens (primary N) is 1. The molecule has 144 valence electrons. The number of halogens is 1. The Morgan fingerprint density at radius 1 is 0.931 bits per heavy atom. The highest BCUT2D eigenvalue weighted by atomic mass is 35.5. The van der Waals surface area contributed by atoms with Gasteiger partial charge in [-0.05, 0) is 48.9 Å². The Balaban J connectivity index is 1.86. The third kappa shape index (κ3) is 3.48. The van der Waals surface area contributed by atoms with Crippen molar-refractivity contribution < 1.29 is 9.59 Å². The van der Waals surface area contributed by atoms with E-state index in [4.69, 9.17) is 17.3 Å². The van der Waals surface area contributed by atoms with Crippen LogP contribution < -0.4 is 11.1 Å². The van der Waals surface area contributed by atoms with Crippen LogP contribution in [-0.4, -0.2) is 16.4 Å². The first-order valence-corrected chi connectivity index (χ1v) is 9.40. The molecule has 1 amide bonds. The third-order valence-corrected chi connectivity index (χ3v) is 4.96. The summed E-state index contributed by atoms with van der Waals surface area (Å²) >= 11 is 5.94. The highest BCUT2D eigenvalue weighted by Crippen LogP contribution is 2.30. The Kier molecular flexibility index (Phi) is 4.82. The number of benzene rings is 3. The highest BCUT2D eigenvalue weighted by Gasteiger charge is 2.25. The van der Waals surface area contributed by atoms with Gasteiger partial charge in [0.1, 0.15) is 11.5 Å². The maximum absolute atomic E-state index is 13.2. The molecule has 6 heteroatoms. The third-order valence-electron chi connectivity index (χ3n) is 4.71. The quantitative estimate of drug-likeness (QED) is 0.498. The topological polar surface area (TPSA) is 77.1 Å². The predicted octanol–water partition coefficient (Wildman–Crippen LogP) is 5.13. The molecule has 3 aromatic carbocycles. The van der Waals surface area contributed by atoms with Gasteiger partial charge in [-0.15, -0.1) is 0 Å². The molecule has 0 atom stereocenters. The lowest BCUT2D eigenvalue weighted by molar-refractivity contribution is 0.0933. The molecule has 0 unspecified atom stereocenters. The standard InChI is InChI=1S/C23H18ClN3O2/c1-14-5-4-6-17(13-14)26-22(28)20-18-7-2-3-8-19(18)21(25)27(20)23(29)15-9-11-16(24)12-10-15/h2-13H,25H2,1H3,(H,26,28). The molecule has 0 radical (unpaired) electrons. The molecule has 1 heterocycles. The lowest BCUT2D eigenvalue weighted by Gasteiger charge is -2.11. The summed E-state index contributed by atoms with van der Waals surface area (Å²) in [5.41, 5.74) is 8.53. The monoisotopic (exact) mass is 403 g/mol. The number of nitrogen functional groups attached to an aromatic ring is 1. The van der Waals surface area contributed by atoms with Crippen LogP contribution in [0, 0.1) is 6.92 Å². The maximum atomic E-state index is 13.2. The smallest absolute Gasteiger partial charge is 0.273 e. The SMILES string of the molecule is Cc1cccc(NC(=O)c2c3ccccc3c(N)n2C(=O)c2ccc(Cl)cc2)c1. The van der Waals surface area contributed by atoms with Crippen molar-refractivity contribution in [2.75, 3.05) is 11.1 Å². The van der Waals surface area contributed by atoms with E-state index in [1.165, 1.54) is 4.57 Å². The Hall–Kier alpha value is -3.57. The number of fused-ring (bicyclic) bond motifs is 1. The Bertz CT molecular complexity index is 1240. The molecule has 0 fully saturated rings. The summed E-state index contributed by atoms with van der Waals surface area (Å²) < 4.78 is 1.26. The summed E-state index contributed by atoms with van der Waals surface area (Å²) in [6.07, 6.45) is 0. The fraction of sp³-hybridized carbons (Fsp3) is 0.0435. The van der Waals surface area contributed by atoms with Crippen LogP contribution in [0.15, 0.2) is 72.8 Å². The molecule has 0 saturated heterocycles. The highest BCUT2D eigenvalue weighted by molar-refractivity contribution is 6.30. The van der Waals surface area contributed by atoms with E-state index in [9.17, 15) is 9.59 Å². The molecule has 0 aliphatic rings. The van der Waals surface area contributed by atoms with Gasteiger partial charge in [-0.2, -0.15) is 0 Å². The number of carbonyl (C=O) groups is 2. The number of amides is 1. The first-order chi connectivity index (χ1) is 14.0. The van der Waals surface area contributed by atoms with Gasteiger partial charge in [-0.25, -0.2) is 0 Å². The normalized spacial score (nSPS) is 10.8. The first kappa shape index (κ1) is 18.8. The van der Waals surface area contributed by atoms with Crippen LogP contribution in [0.1, 0.15) is 26.4 Å². The fourth-order valence-corrected chi connectivity index (χ4v) is 3.47. The molecule has 0 bridgehead atoms. The van der Waals surface area contributed by atoms with Crippen molar-refractivity contribution in [3.8, 4) is 0 Å². The van der Waals surface area contributed by atoms with Crippen LogP contribution in [-0.2, 0) is 0 Å². The van der Waals surface area contributed by atoms with Gasteiger partial charge in [-0.1, -0.05) is 48.0 Å². The number of nitrogens with zero attached hydrogens (tertiary/aromatic N) is 1. The lowest BCUT2D eigenvalue weighted by atomic mass is 10.1. The second-order valence-electron chi connectivity index (χ2n) is 6.75. The summed E-state index contributed by atoms with van der Waals surface area (Å²) in [6.45, 7) is 1.94. The largest absolute Gasteiger partial charge is 0.384 e. The van der Waals surface area contributed by atoms with E-state index in [0.717, 1.165) is 5.56 Å². The lowest BCUT2D eigenvalue weighted by Crippen LogP contribution is -2.23. The van der Waals surface area contributed by atoms with Crippen molar-refractivity contribution in [1.29, 1.82) is 0 Å². The number of rotatable bonds is 3. The molecule has 0 saturated carbocycles. The second kappa shape index (κ2) is 7.45. The van der Waals surface area contributed by atoms with Crippen molar-refractivity contribution in [2.24, 2.45) is 0 Å².